The van der Waals surface area contributed by atoms with Gasteiger partial charge in [-0.2, -0.15) is 5.26 Å². The number of hydrogen-bond donors (Lipinski definition) is 0. The monoisotopic (exact) mass is 328 g/mol. The Kier molecular flexibility index (Phi) is 5.68. The summed E-state index contributed by atoms with van der Waals surface area (Å²) in [6.07, 6.45) is 2.28. The number of hydrogen-bond acceptors (Lipinski definition) is 6. The second kappa shape index (κ2) is 7.92. The maximum Gasteiger partial charge on any atom is 0.349 e. The van der Waals surface area contributed by atoms with Crippen LogP contribution in [-0.2, 0) is 19.1 Å². The van der Waals surface area contributed by atoms with Crippen LogP contribution in [0.5, 0.6) is 5.75 Å². The zero-order chi connectivity index (χ0) is 17.5. The third-order valence-corrected chi connectivity index (χ3v) is 3.47. The third-order valence-electron chi connectivity index (χ3n) is 3.47. The van der Waals surface area contributed by atoms with Crippen LogP contribution in [0.25, 0.3) is 6.08 Å². The molecule has 1 saturated heterocycles. The van der Waals surface area contributed by atoms with E-state index < -0.39 is 18.5 Å². The van der Waals surface area contributed by atoms with Crippen molar-refractivity contribution in [3.63, 3.8) is 0 Å². The van der Waals surface area contributed by atoms with E-state index >= 15 is 0 Å². The zero-order valence-corrected chi connectivity index (χ0v) is 13.2. The molecule has 2 amide bonds. The first kappa shape index (κ1) is 17.2. The Morgan fingerprint density at radius 2 is 2.04 bits per heavy atom. The smallest absolute Gasteiger partial charge is 0.349 e. The van der Waals surface area contributed by atoms with Crippen LogP contribution in [0.2, 0.25) is 0 Å². The first-order chi connectivity index (χ1) is 11.5. The molecule has 0 aromatic heterocycles. The molecule has 1 aliphatic heterocycles. The Morgan fingerprint density at radius 3 is 2.58 bits per heavy atom. The lowest BCUT2D eigenvalue weighted by atomic mass is 10.1. The molecule has 7 heteroatoms. The first-order valence-electron chi connectivity index (χ1n) is 7.31. The lowest BCUT2D eigenvalue weighted by molar-refractivity contribution is -0.152. The van der Waals surface area contributed by atoms with Crippen LogP contribution < -0.4 is 4.74 Å². The van der Waals surface area contributed by atoms with Gasteiger partial charge in [-0.15, -0.1) is 0 Å². The lowest BCUT2D eigenvalue weighted by Crippen LogP contribution is -2.35. The van der Waals surface area contributed by atoms with Crippen LogP contribution in [0.1, 0.15) is 18.4 Å². The largest absolute Gasteiger partial charge is 0.497 e. The molecular weight excluding hydrogens is 312 g/mol. The molecule has 1 fully saturated rings. The SMILES string of the molecule is COc1ccc(/C=C(\C#N)C(=O)OCC(=O)N2CCCC2=O)cc1. The highest BCUT2D eigenvalue weighted by Crippen LogP contribution is 2.15. The third kappa shape index (κ3) is 4.20. The molecule has 0 N–H and O–H groups in total. The molecule has 1 heterocycles. The Morgan fingerprint density at radius 1 is 1.33 bits per heavy atom. The van der Waals surface area contributed by atoms with E-state index in [9.17, 15) is 14.4 Å². The van der Waals surface area contributed by atoms with Crippen molar-refractivity contribution in [1.29, 1.82) is 5.26 Å². The predicted molar refractivity (Wildman–Crippen MR) is 83.5 cm³/mol. The van der Waals surface area contributed by atoms with Gasteiger partial charge >= 0.3 is 5.97 Å². The highest BCUT2D eigenvalue weighted by Gasteiger charge is 2.27. The fourth-order valence-corrected chi connectivity index (χ4v) is 2.20. The first-order valence-corrected chi connectivity index (χ1v) is 7.31. The molecular formula is C17H16N2O5. The molecule has 7 nitrogen and oxygen atoms in total. The van der Waals surface area contributed by atoms with Crippen molar-refractivity contribution in [1.82, 2.24) is 4.90 Å². The molecule has 1 aromatic carbocycles. The second-order valence-electron chi connectivity index (χ2n) is 5.06. The molecule has 2 rings (SSSR count). The van der Waals surface area contributed by atoms with Crippen LogP contribution >= 0.6 is 0 Å². The van der Waals surface area contributed by atoms with Crippen molar-refractivity contribution in [2.24, 2.45) is 0 Å². The van der Waals surface area contributed by atoms with Gasteiger partial charge in [-0.25, -0.2) is 4.79 Å². The number of imide groups is 1. The van der Waals surface area contributed by atoms with Crippen molar-refractivity contribution in [2.45, 2.75) is 12.8 Å². The van der Waals surface area contributed by atoms with Crippen molar-refractivity contribution in [3.8, 4) is 11.8 Å². The number of carbonyl (C=O) groups excluding carboxylic acids is 3. The van der Waals surface area contributed by atoms with E-state index in [-0.39, 0.29) is 11.5 Å². The molecule has 1 aromatic rings. The van der Waals surface area contributed by atoms with E-state index in [4.69, 9.17) is 14.7 Å². The average molecular weight is 328 g/mol. The van der Waals surface area contributed by atoms with Gasteiger partial charge in [0.15, 0.2) is 6.61 Å². The predicted octanol–water partition coefficient (Wildman–Crippen LogP) is 1.29. The molecule has 0 aliphatic carbocycles. The van der Waals surface area contributed by atoms with E-state index in [1.165, 1.54) is 13.2 Å². The molecule has 124 valence electrons. The fourth-order valence-electron chi connectivity index (χ4n) is 2.20. The summed E-state index contributed by atoms with van der Waals surface area (Å²) in [4.78, 5) is 36.2. The number of ether oxygens (including phenoxy) is 2. The van der Waals surface area contributed by atoms with Gasteiger partial charge in [0.05, 0.1) is 7.11 Å². The van der Waals surface area contributed by atoms with Crippen molar-refractivity contribution < 1.29 is 23.9 Å². The summed E-state index contributed by atoms with van der Waals surface area (Å²) < 4.78 is 9.86. The van der Waals surface area contributed by atoms with E-state index in [0.29, 0.717) is 30.7 Å². The van der Waals surface area contributed by atoms with E-state index in [1.807, 2.05) is 0 Å². The van der Waals surface area contributed by atoms with Gasteiger partial charge in [0.2, 0.25) is 5.91 Å². The lowest BCUT2D eigenvalue weighted by Gasteiger charge is -2.13. The number of likely N-dealkylation sites (tertiary alicyclic amines) is 1. The molecule has 0 unspecified atom stereocenters. The summed E-state index contributed by atoms with van der Waals surface area (Å²) in [5.74, 6) is -1.11. The summed E-state index contributed by atoms with van der Waals surface area (Å²) in [6.45, 7) is -0.228. The summed E-state index contributed by atoms with van der Waals surface area (Å²) in [5.41, 5.74) is 0.381. The number of nitriles is 1. The minimum atomic E-state index is -0.909. The second-order valence-corrected chi connectivity index (χ2v) is 5.06. The molecule has 0 saturated carbocycles. The van der Waals surface area contributed by atoms with Gasteiger partial charge in [0.1, 0.15) is 17.4 Å². The Bertz CT molecular complexity index is 715. The van der Waals surface area contributed by atoms with E-state index in [1.54, 1.807) is 30.3 Å². The highest BCUT2D eigenvalue weighted by atomic mass is 16.5. The number of nitrogens with zero attached hydrogens (tertiary/aromatic N) is 2. The number of benzene rings is 1. The molecule has 0 atom stereocenters. The number of rotatable bonds is 5. The minimum absolute atomic E-state index is 0.235. The summed E-state index contributed by atoms with van der Waals surface area (Å²) in [6, 6.07) is 8.48. The maximum absolute atomic E-state index is 11.9. The summed E-state index contributed by atoms with van der Waals surface area (Å²) >= 11 is 0. The molecule has 0 spiro atoms. The van der Waals surface area contributed by atoms with Crippen molar-refractivity contribution in [2.75, 3.05) is 20.3 Å². The van der Waals surface area contributed by atoms with Gasteiger partial charge in [0, 0.05) is 13.0 Å². The molecule has 24 heavy (non-hydrogen) atoms. The topological polar surface area (TPSA) is 96.7 Å². The molecule has 1 aliphatic rings. The van der Waals surface area contributed by atoms with E-state index in [0.717, 1.165) is 4.90 Å². The fraction of sp³-hybridized carbons (Fsp3) is 0.294. The van der Waals surface area contributed by atoms with Crippen molar-refractivity contribution >= 4 is 23.9 Å². The summed E-state index contributed by atoms with van der Waals surface area (Å²) in [5, 5.41) is 9.08. The van der Waals surface area contributed by atoms with Crippen molar-refractivity contribution in [3.05, 3.63) is 35.4 Å². The van der Waals surface area contributed by atoms with E-state index in [2.05, 4.69) is 0 Å². The maximum atomic E-state index is 11.9. The van der Waals surface area contributed by atoms with Crippen LogP contribution in [0.15, 0.2) is 29.8 Å². The van der Waals surface area contributed by atoms with Gasteiger partial charge in [-0.05, 0) is 30.2 Å². The van der Waals surface area contributed by atoms with Crippen LogP contribution in [0.4, 0.5) is 0 Å². The molecule has 0 radical (unpaired) electrons. The minimum Gasteiger partial charge on any atom is -0.497 e. The van der Waals surface area contributed by atoms with Gasteiger partial charge in [0.25, 0.3) is 5.91 Å². The van der Waals surface area contributed by atoms with Crippen LogP contribution in [-0.4, -0.2) is 42.9 Å². The normalized spacial score (nSPS) is 14.2. The number of amides is 2. The summed E-state index contributed by atoms with van der Waals surface area (Å²) in [7, 11) is 1.53. The van der Waals surface area contributed by atoms with Gasteiger partial charge in [-0.1, -0.05) is 12.1 Å². The van der Waals surface area contributed by atoms with Gasteiger partial charge < -0.3 is 9.47 Å². The molecule has 0 bridgehead atoms. The van der Waals surface area contributed by atoms with Crippen LogP contribution in [0, 0.1) is 11.3 Å². The Balaban J connectivity index is 1.98. The zero-order valence-electron chi connectivity index (χ0n) is 13.2. The highest BCUT2D eigenvalue weighted by molar-refractivity contribution is 6.01. The Labute approximate surface area is 139 Å². The van der Waals surface area contributed by atoms with Crippen LogP contribution in [0.3, 0.4) is 0 Å². The standard InChI is InChI=1S/C17H16N2O5/c1-23-14-6-4-12(5-7-14)9-13(10-18)17(22)24-11-16(21)19-8-2-3-15(19)20/h4-7,9H,2-3,8,11H2,1H3/b13-9+. The average Bonchev–Trinajstić information content (AvgIpc) is 3.03. The number of carbonyl (C=O) groups is 3. The quantitative estimate of drug-likeness (QED) is 0.459. The Hall–Kier alpha value is -3.14. The van der Waals surface area contributed by atoms with Gasteiger partial charge in [-0.3, -0.25) is 14.5 Å². The number of esters is 1. The number of methoxy groups -OCH3 is 1.